The molecule has 0 fully saturated rings. The predicted octanol–water partition coefficient (Wildman–Crippen LogP) is 6.59. The second-order valence-corrected chi connectivity index (χ2v) is 9.91. The molecule has 10 heteroatoms. The molecule has 1 unspecified atom stereocenters. The number of halogens is 3. The van der Waals surface area contributed by atoms with Crippen molar-refractivity contribution in [2.45, 2.75) is 17.9 Å². The number of anilines is 1. The number of nitrogens with one attached hydrogen (secondary N) is 1. The number of methoxy groups -OCH3 is 1. The number of carbonyl (C=O) groups excluding carboxylic acids is 1. The molecule has 0 aromatic heterocycles. The molecule has 2 N–H and O–H groups in total. The van der Waals surface area contributed by atoms with Gasteiger partial charge >= 0.3 is 0 Å². The molecule has 1 amide bonds. The third-order valence-corrected chi connectivity index (χ3v) is 7.06. The van der Waals surface area contributed by atoms with E-state index in [9.17, 15) is 14.3 Å². The Labute approximate surface area is 214 Å². The quantitative estimate of drug-likeness (QED) is 0.323. The van der Waals surface area contributed by atoms with Gasteiger partial charge in [0.25, 0.3) is 5.91 Å². The lowest BCUT2D eigenvalue weighted by Crippen LogP contribution is -2.35. The van der Waals surface area contributed by atoms with Crippen LogP contribution >= 0.6 is 39.5 Å². The van der Waals surface area contributed by atoms with Crippen molar-refractivity contribution in [3.8, 4) is 28.4 Å². The Morgan fingerprint density at radius 1 is 1.26 bits per heavy atom. The molecule has 3 aromatic carbocycles. The van der Waals surface area contributed by atoms with Crippen molar-refractivity contribution in [3.05, 3.63) is 63.3 Å². The Balaban J connectivity index is 1.89. The van der Waals surface area contributed by atoms with E-state index in [2.05, 4.69) is 20.7 Å². The van der Waals surface area contributed by atoms with Gasteiger partial charge in [-0.3, -0.25) is 4.79 Å². The monoisotopic (exact) mass is 566 g/mol. The molecule has 6 nitrogen and oxygen atoms in total. The number of carbonyl (C=O) groups is 1. The molecule has 0 spiro atoms. The van der Waals surface area contributed by atoms with Gasteiger partial charge in [0.2, 0.25) is 0 Å². The average molecular weight is 568 g/mol. The van der Waals surface area contributed by atoms with Crippen LogP contribution in [0, 0.1) is 5.82 Å². The lowest BCUT2D eigenvalue weighted by molar-refractivity contribution is 0.0727. The highest BCUT2D eigenvalue weighted by atomic mass is 79.9. The molecule has 1 aliphatic heterocycles. The van der Waals surface area contributed by atoms with Crippen LogP contribution in [0.1, 0.15) is 17.3 Å². The van der Waals surface area contributed by atoms with Gasteiger partial charge in [-0.05, 0) is 77.3 Å². The van der Waals surface area contributed by atoms with E-state index >= 15 is 0 Å². The third-order valence-electron chi connectivity index (χ3n) is 5.29. The summed E-state index contributed by atoms with van der Waals surface area (Å²) < 4.78 is 29.6. The zero-order valence-corrected chi connectivity index (χ0v) is 21.6. The zero-order valence-electron chi connectivity index (χ0n) is 18.5. The fourth-order valence-corrected chi connectivity index (χ4v) is 5.22. The molecule has 0 aliphatic carbocycles. The van der Waals surface area contributed by atoms with Crippen molar-refractivity contribution in [3.63, 3.8) is 0 Å². The van der Waals surface area contributed by atoms with Crippen LogP contribution in [0.3, 0.4) is 0 Å². The van der Waals surface area contributed by atoms with E-state index < -0.39 is 5.82 Å². The van der Waals surface area contributed by atoms with Crippen LogP contribution < -0.4 is 14.2 Å². The summed E-state index contributed by atoms with van der Waals surface area (Å²) in [7, 11) is 3.23. The van der Waals surface area contributed by atoms with Crippen molar-refractivity contribution in [1.82, 2.24) is 4.90 Å². The highest BCUT2D eigenvalue weighted by Gasteiger charge is 2.22. The maximum absolute atomic E-state index is 14.8. The summed E-state index contributed by atoms with van der Waals surface area (Å²) >= 11 is 10.7. The van der Waals surface area contributed by atoms with Gasteiger partial charge < -0.3 is 24.2 Å². The molecular weight excluding hydrogens is 547 g/mol. The molecule has 0 saturated heterocycles. The number of ether oxygens (including phenoxy) is 2. The number of fused-ring (bicyclic) bond motifs is 6. The van der Waals surface area contributed by atoms with Crippen LogP contribution in [0.2, 0.25) is 5.02 Å². The first-order valence-electron chi connectivity index (χ1n) is 10.2. The van der Waals surface area contributed by atoms with Crippen molar-refractivity contribution in [2.75, 3.05) is 25.4 Å². The maximum Gasteiger partial charge on any atom is 0.253 e. The molecule has 3 aromatic rings. The lowest BCUT2D eigenvalue weighted by Gasteiger charge is -2.24. The van der Waals surface area contributed by atoms with Crippen molar-refractivity contribution < 1.29 is 23.8 Å². The van der Waals surface area contributed by atoms with Gasteiger partial charge in [0, 0.05) is 23.7 Å². The van der Waals surface area contributed by atoms with E-state index in [4.69, 9.17) is 21.1 Å². The van der Waals surface area contributed by atoms with Gasteiger partial charge in [0.15, 0.2) is 0 Å². The third kappa shape index (κ3) is 4.92. The molecule has 4 bridgehead atoms. The number of nitrogens with zero attached hydrogens (tertiary/aromatic N) is 1. The van der Waals surface area contributed by atoms with Crippen LogP contribution in [0.5, 0.6) is 17.2 Å². The van der Waals surface area contributed by atoms with Crippen LogP contribution in [0.4, 0.5) is 10.1 Å². The van der Waals surface area contributed by atoms with Gasteiger partial charge in [0.05, 0.1) is 33.7 Å². The number of likely N-dealkylation sites (N-methyl/N-ethyl adjacent to an activating group) is 1. The summed E-state index contributed by atoms with van der Waals surface area (Å²) in [6.07, 6.45) is -0.377. The largest absolute Gasteiger partial charge is 0.506 e. The molecule has 1 aliphatic rings. The Bertz CT molecular complexity index is 1280. The smallest absolute Gasteiger partial charge is 0.253 e. The van der Waals surface area contributed by atoms with E-state index in [1.54, 1.807) is 55.5 Å². The van der Waals surface area contributed by atoms with Crippen LogP contribution in [0.25, 0.3) is 11.1 Å². The van der Waals surface area contributed by atoms with E-state index in [0.717, 1.165) is 11.9 Å². The Kier molecular flexibility index (Phi) is 7.16. The minimum atomic E-state index is -0.574. The molecule has 178 valence electrons. The topological polar surface area (TPSA) is 71.0 Å². The lowest BCUT2D eigenvalue weighted by atomic mass is 10.0. The van der Waals surface area contributed by atoms with Gasteiger partial charge in [-0.15, -0.1) is 0 Å². The molecular formula is C24H21BrClFN2O4S. The van der Waals surface area contributed by atoms with Crippen LogP contribution in [-0.4, -0.2) is 42.7 Å². The number of phenolic OH excluding ortho intramolecular Hbond substituents is 1. The zero-order chi connectivity index (χ0) is 24.6. The summed E-state index contributed by atoms with van der Waals surface area (Å²) in [6.45, 7) is 2.15. The number of hydrogen-bond acceptors (Lipinski definition) is 6. The predicted molar refractivity (Wildman–Crippen MR) is 136 cm³/mol. The van der Waals surface area contributed by atoms with E-state index in [1.807, 2.05) is 6.92 Å². The highest BCUT2D eigenvalue weighted by Crippen LogP contribution is 2.42. The molecule has 1 atom stereocenters. The molecule has 34 heavy (non-hydrogen) atoms. The molecule has 1 heterocycles. The Morgan fingerprint density at radius 2 is 2.03 bits per heavy atom. The van der Waals surface area contributed by atoms with E-state index in [0.29, 0.717) is 44.1 Å². The van der Waals surface area contributed by atoms with Gasteiger partial charge in [-0.1, -0.05) is 11.6 Å². The minimum Gasteiger partial charge on any atom is -0.506 e. The van der Waals surface area contributed by atoms with Crippen molar-refractivity contribution in [2.24, 2.45) is 0 Å². The number of phenols is 1. The number of amides is 1. The van der Waals surface area contributed by atoms with Crippen LogP contribution in [0.15, 0.2) is 51.8 Å². The number of aromatic hydroxyl groups is 1. The van der Waals surface area contributed by atoms with E-state index in [1.165, 1.54) is 6.07 Å². The Hall–Kier alpha value is -2.62. The second kappa shape index (κ2) is 9.93. The first-order chi connectivity index (χ1) is 16.2. The normalized spacial score (nSPS) is 16.0. The second-order valence-electron chi connectivity index (χ2n) is 7.80. The summed E-state index contributed by atoms with van der Waals surface area (Å²) in [5.41, 5.74) is 1.65. The highest BCUT2D eigenvalue weighted by molar-refractivity contribution is 9.10. The number of benzene rings is 3. The fourth-order valence-electron chi connectivity index (χ4n) is 3.61. The summed E-state index contributed by atoms with van der Waals surface area (Å²) in [5.74, 6) is 0.196. The van der Waals surface area contributed by atoms with Crippen molar-refractivity contribution in [1.29, 1.82) is 0 Å². The van der Waals surface area contributed by atoms with E-state index in [-0.39, 0.29) is 28.5 Å². The summed E-state index contributed by atoms with van der Waals surface area (Å²) in [5, 5.41) is 10.7. The van der Waals surface area contributed by atoms with Gasteiger partial charge in [0.1, 0.15) is 29.2 Å². The standard InChI is InChI=1S/C24H21BrClFN2O4S/c1-12-11-29(2)24(31)13-6-17(25)23(30)22(7-13)34-28-20-9-15(18(26)10-19(20)27)16-8-14(32-3)4-5-21(16)33-12/h4-10,12,28,30H,11H2,1-3H3. The molecule has 0 radical (unpaired) electrons. The van der Waals surface area contributed by atoms with Crippen LogP contribution in [-0.2, 0) is 0 Å². The first kappa shape index (κ1) is 24.5. The number of rotatable bonds is 1. The first-order valence-corrected chi connectivity index (χ1v) is 12.2. The van der Waals surface area contributed by atoms with Gasteiger partial charge in [-0.25, -0.2) is 4.39 Å². The Morgan fingerprint density at radius 3 is 2.76 bits per heavy atom. The minimum absolute atomic E-state index is 0.0672. The van der Waals surface area contributed by atoms with Crippen molar-refractivity contribution >= 4 is 51.1 Å². The average Bonchev–Trinajstić information content (AvgIpc) is 2.80. The SMILES string of the molecule is COc1ccc2c(c1)-c1cc(c(F)cc1Cl)NSc1cc(cc(Br)c1O)C(=O)N(C)CC(C)O2. The summed E-state index contributed by atoms with van der Waals surface area (Å²) in [6, 6.07) is 11.2. The fraction of sp³-hybridized carbons (Fsp3) is 0.208. The summed E-state index contributed by atoms with van der Waals surface area (Å²) in [4.78, 5) is 15.0. The maximum atomic E-state index is 14.8. The molecule has 0 saturated carbocycles. The van der Waals surface area contributed by atoms with Gasteiger partial charge in [-0.2, -0.15) is 0 Å². The number of hydrogen-bond donors (Lipinski definition) is 2. The molecule has 4 rings (SSSR count).